The van der Waals surface area contributed by atoms with Gasteiger partial charge in [0.1, 0.15) is 5.75 Å². The lowest BCUT2D eigenvalue weighted by Crippen LogP contribution is -2.38. The van der Waals surface area contributed by atoms with E-state index in [0.717, 1.165) is 23.2 Å². The molecule has 7 heteroatoms. The molecule has 7 nitrogen and oxygen atoms in total. The monoisotopic (exact) mass is 394 g/mol. The molecule has 0 spiro atoms. The topological polar surface area (TPSA) is 87.2 Å². The van der Waals surface area contributed by atoms with Crippen molar-refractivity contribution in [3.05, 3.63) is 59.2 Å². The molecule has 150 valence electrons. The fraction of sp³-hybridized carbons (Fsp3) is 0.318. The quantitative estimate of drug-likeness (QED) is 0.842. The highest BCUT2D eigenvalue weighted by atomic mass is 16.5. The van der Waals surface area contributed by atoms with Gasteiger partial charge in [0.15, 0.2) is 6.61 Å². The van der Waals surface area contributed by atoms with E-state index >= 15 is 0 Å². The van der Waals surface area contributed by atoms with Crippen LogP contribution in [0.3, 0.4) is 0 Å². The van der Waals surface area contributed by atoms with Crippen LogP contribution in [0.4, 0.5) is 5.69 Å². The minimum Gasteiger partial charge on any atom is -0.484 e. The summed E-state index contributed by atoms with van der Waals surface area (Å²) in [6.45, 7) is 1.54. The average Bonchev–Trinajstić information content (AvgIpc) is 3.17. The molecule has 1 N–H and O–H groups in total. The van der Waals surface area contributed by atoms with E-state index in [1.807, 2.05) is 18.2 Å². The largest absolute Gasteiger partial charge is 0.484 e. The third-order valence-corrected chi connectivity index (χ3v) is 5.38. The maximum atomic E-state index is 12.6. The molecule has 2 aromatic rings. The molecule has 2 aliphatic rings. The maximum Gasteiger partial charge on any atom is 0.335 e. The summed E-state index contributed by atoms with van der Waals surface area (Å²) in [5.74, 6) is -0.484. The van der Waals surface area contributed by atoms with Crippen LogP contribution >= 0.6 is 0 Å². The molecule has 0 unspecified atom stereocenters. The van der Waals surface area contributed by atoms with Gasteiger partial charge in [-0.15, -0.1) is 0 Å². The molecule has 1 fully saturated rings. The number of amides is 2. The lowest BCUT2D eigenvalue weighted by atomic mass is 9.97. The second-order valence-electron chi connectivity index (χ2n) is 7.29. The van der Waals surface area contributed by atoms with Crippen molar-refractivity contribution in [3.8, 4) is 5.75 Å². The Kier molecular flexibility index (Phi) is 5.20. The van der Waals surface area contributed by atoms with Crippen LogP contribution in [-0.4, -0.2) is 47.5 Å². The lowest BCUT2D eigenvalue weighted by Gasteiger charge is -2.29. The summed E-state index contributed by atoms with van der Waals surface area (Å²) in [6, 6.07) is 12.3. The van der Waals surface area contributed by atoms with E-state index in [9.17, 15) is 14.4 Å². The van der Waals surface area contributed by atoms with Crippen LogP contribution < -0.4 is 9.64 Å². The number of carbonyl (C=O) groups excluding carboxylic acids is 2. The number of carboxylic acids is 1. The van der Waals surface area contributed by atoms with Gasteiger partial charge in [0.2, 0.25) is 5.91 Å². The van der Waals surface area contributed by atoms with Gasteiger partial charge < -0.3 is 19.6 Å². The predicted molar refractivity (Wildman–Crippen MR) is 106 cm³/mol. The first kappa shape index (κ1) is 19.0. The van der Waals surface area contributed by atoms with Gasteiger partial charge in [0.05, 0.1) is 5.56 Å². The molecule has 0 radical (unpaired) electrons. The minimum atomic E-state index is -0.976. The Balaban J connectivity index is 1.39. The van der Waals surface area contributed by atoms with Crippen LogP contribution in [0.25, 0.3) is 0 Å². The number of benzene rings is 2. The Labute approximate surface area is 168 Å². The van der Waals surface area contributed by atoms with E-state index < -0.39 is 5.97 Å². The van der Waals surface area contributed by atoms with Crippen LogP contribution in [0.1, 0.15) is 34.3 Å². The van der Waals surface area contributed by atoms with Crippen LogP contribution in [0.2, 0.25) is 0 Å². The molecule has 2 heterocycles. The minimum absolute atomic E-state index is 0.103. The first-order valence-corrected chi connectivity index (χ1v) is 9.67. The number of hydrogen-bond donors (Lipinski definition) is 1. The summed E-state index contributed by atoms with van der Waals surface area (Å²) >= 11 is 0. The molecule has 4 rings (SSSR count). The van der Waals surface area contributed by atoms with Crippen LogP contribution in [-0.2, 0) is 22.6 Å². The van der Waals surface area contributed by atoms with Crippen molar-refractivity contribution < 1.29 is 24.2 Å². The Hall–Kier alpha value is -3.35. The van der Waals surface area contributed by atoms with Crippen molar-refractivity contribution in [2.75, 3.05) is 24.6 Å². The van der Waals surface area contributed by atoms with Gasteiger partial charge in [-0.2, -0.15) is 0 Å². The van der Waals surface area contributed by atoms with Crippen molar-refractivity contribution >= 4 is 23.5 Å². The summed E-state index contributed by atoms with van der Waals surface area (Å²) in [4.78, 5) is 39.1. The number of carbonyl (C=O) groups is 3. The smallest absolute Gasteiger partial charge is 0.335 e. The number of carboxylic acid groups (broad SMARTS) is 1. The van der Waals surface area contributed by atoms with E-state index in [1.165, 1.54) is 0 Å². The predicted octanol–water partition coefficient (Wildman–Crippen LogP) is 2.48. The molecular weight excluding hydrogens is 372 g/mol. The third-order valence-electron chi connectivity index (χ3n) is 5.38. The Morgan fingerprint density at radius 1 is 1.03 bits per heavy atom. The maximum absolute atomic E-state index is 12.6. The van der Waals surface area contributed by atoms with Crippen molar-refractivity contribution in [2.45, 2.75) is 25.8 Å². The molecule has 29 heavy (non-hydrogen) atoms. The first-order valence-electron chi connectivity index (χ1n) is 9.67. The standard InChI is InChI=1S/C22H22N2O5/c25-20-5-2-9-24(20)18-3-1-4-19(12-18)29-14-21(26)23-10-8-15-6-7-16(22(27)28)11-17(15)13-23/h1,3-4,6-7,11-12H,2,5,8-10,13-14H2,(H,27,28). The van der Waals surface area contributed by atoms with Gasteiger partial charge in [-0.3, -0.25) is 9.59 Å². The van der Waals surface area contributed by atoms with Gasteiger partial charge in [0.25, 0.3) is 5.91 Å². The fourth-order valence-electron chi connectivity index (χ4n) is 3.80. The van der Waals surface area contributed by atoms with E-state index in [-0.39, 0.29) is 24.0 Å². The highest BCUT2D eigenvalue weighted by Crippen LogP contribution is 2.26. The number of anilines is 1. The van der Waals surface area contributed by atoms with E-state index in [2.05, 4.69) is 0 Å². The third kappa shape index (κ3) is 4.08. The molecule has 0 atom stereocenters. The lowest BCUT2D eigenvalue weighted by molar-refractivity contribution is -0.134. The number of nitrogens with zero attached hydrogens (tertiary/aromatic N) is 2. The summed E-state index contributed by atoms with van der Waals surface area (Å²) in [6.07, 6.45) is 2.10. The Morgan fingerprint density at radius 3 is 2.66 bits per heavy atom. The Bertz CT molecular complexity index is 971. The summed E-state index contributed by atoms with van der Waals surface area (Å²) in [7, 11) is 0. The molecular formula is C22H22N2O5. The normalized spacial score (nSPS) is 15.9. The van der Waals surface area contributed by atoms with Crippen molar-refractivity contribution in [1.82, 2.24) is 4.90 Å². The van der Waals surface area contributed by atoms with E-state index in [4.69, 9.17) is 9.84 Å². The van der Waals surface area contributed by atoms with Crippen LogP contribution in [0.5, 0.6) is 5.75 Å². The van der Waals surface area contributed by atoms with Crippen LogP contribution in [0, 0.1) is 0 Å². The van der Waals surface area contributed by atoms with E-state index in [1.54, 1.807) is 34.1 Å². The highest BCUT2D eigenvalue weighted by molar-refractivity contribution is 5.95. The first-order chi connectivity index (χ1) is 14.0. The van der Waals surface area contributed by atoms with Gasteiger partial charge in [-0.25, -0.2) is 4.79 Å². The van der Waals surface area contributed by atoms with Crippen molar-refractivity contribution in [1.29, 1.82) is 0 Å². The summed E-state index contributed by atoms with van der Waals surface area (Å²) in [5, 5.41) is 9.16. The summed E-state index contributed by atoms with van der Waals surface area (Å²) in [5.41, 5.74) is 2.94. The molecule has 2 aliphatic heterocycles. The highest BCUT2D eigenvalue weighted by Gasteiger charge is 2.23. The molecule has 0 bridgehead atoms. The number of hydrogen-bond acceptors (Lipinski definition) is 4. The van der Waals surface area contributed by atoms with Gasteiger partial charge in [-0.05, 0) is 48.2 Å². The number of aromatic carboxylic acids is 1. The van der Waals surface area contributed by atoms with Gasteiger partial charge in [-0.1, -0.05) is 12.1 Å². The molecule has 0 aromatic heterocycles. The average molecular weight is 394 g/mol. The fourth-order valence-corrected chi connectivity index (χ4v) is 3.80. The second kappa shape index (κ2) is 7.95. The SMILES string of the molecule is O=C(O)c1ccc2c(c1)CN(C(=O)COc1cccc(N3CCCC3=O)c1)CC2. The van der Waals surface area contributed by atoms with Crippen LogP contribution in [0.15, 0.2) is 42.5 Å². The van der Waals surface area contributed by atoms with Gasteiger partial charge in [0, 0.05) is 37.8 Å². The summed E-state index contributed by atoms with van der Waals surface area (Å²) < 4.78 is 5.68. The molecule has 2 amide bonds. The number of ether oxygens (including phenoxy) is 1. The molecule has 1 saturated heterocycles. The zero-order valence-corrected chi connectivity index (χ0v) is 16.0. The Morgan fingerprint density at radius 2 is 1.90 bits per heavy atom. The zero-order chi connectivity index (χ0) is 20.4. The van der Waals surface area contributed by atoms with Gasteiger partial charge >= 0.3 is 5.97 Å². The zero-order valence-electron chi connectivity index (χ0n) is 16.0. The number of fused-ring (bicyclic) bond motifs is 1. The second-order valence-corrected chi connectivity index (χ2v) is 7.29. The molecule has 0 saturated carbocycles. The molecule has 2 aromatic carbocycles. The van der Waals surface area contributed by atoms with Crippen molar-refractivity contribution in [3.63, 3.8) is 0 Å². The van der Waals surface area contributed by atoms with E-state index in [0.29, 0.717) is 38.2 Å². The van der Waals surface area contributed by atoms with Crippen molar-refractivity contribution in [2.24, 2.45) is 0 Å². The molecule has 0 aliphatic carbocycles. The number of rotatable bonds is 5.